The van der Waals surface area contributed by atoms with E-state index in [4.69, 9.17) is 5.11 Å². The summed E-state index contributed by atoms with van der Waals surface area (Å²) in [6, 6.07) is 0. The summed E-state index contributed by atoms with van der Waals surface area (Å²) in [4.78, 5) is 15.8. The van der Waals surface area contributed by atoms with Crippen LogP contribution in [0.1, 0.15) is 17.9 Å². The fraction of sp³-hybridized carbons (Fsp3) is 0.333. The Bertz CT molecular complexity index is 285. The van der Waals surface area contributed by atoms with Crippen LogP contribution in [0.15, 0.2) is 6.20 Å². The zero-order chi connectivity index (χ0) is 9.14. The van der Waals surface area contributed by atoms with Crippen molar-refractivity contribution in [2.75, 3.05) is 0 Å². The van der Waals surface area contributed by atoms with E-state index < -0.39 is 12.4 Å². The number of H-pyrrole nitrogens is 1. The number of carboxylic acids is 1. The van der Waals surface area contributed by atoms with Crippen LogP contribution in [0.4, 0.5) is 8.78 Å². The van der Waals surface area contributed by atoms with Gasteiger partial charge in [0.05, 0.1) is 6.20 Å². The lowest BCUT2D eigenvalue weighted by Gasteiger charge is -1.91. The summed E-state index contributed by atoms with van der Waals surface area (Å²) < 4.78 is 23.8. The van der Waals surface area contributed by atoms with Gasteiger partial charge in [0.1, 0.15) is 17.9 Å². The molecule has 0 aliphatic rings. The summed E-state index contributed by atoms with van der Waals surface area (Å²) in [5.41, 5.74) is -0.355. The number of halogens is 2. The molecule has 6 heteroatoms. The van der Waals surface area contributed by atoms with Crippen LogP contribution in [0, 0.1) is 0 Å². The maximum Gasteiger partial charge on any atom is 0.311 e. The second-order valence-electron chi connectivity index (χ2n) is 2.16. The number of aliphatic carboxylic acids is 1. The van der Waals surface area contributed by atoms with Crippen LogP contribution < -0.4 is 0 Å². The largest absolute Gasteiger partial charge is 0.481 e. The Kier molecular flexibility index (Phi) is 2.37. The highest BCUT2D eigenvalue weighted by molar-refractivity contribution is 5.68. The van der Waals surface area contributed by atoms with E-state index in [2.05, 4.69) is 9.97 Å². The van der Waals surface area contributed by atoms with Gasteiger partial charge in [0.25, 0.3) is 6.43 Å². The van der Waals surface area contributed by atoms with Crippen LogP contribution in [-0.2, 0) is 11.2 Å². The predicted molar refractivity (Wildman–Crippen MR) is 34.9 cm³/mol. The molecular weight excluding hydrogens is 170 g/mol. The molecule has 0 saturated heterocycles. The van der Waals surface area contributed by atoms with Crippen molar-refractivity contribution in [1.29, 1.82) is 0 Å². The number of aromatic nitrogens is 2. The van der Waals surface area contributed by atoms with Crippen molar-refractivity contribution < 1.29 is 18.7 Å². The SMILES string of the molecule is O=C(O)Cc1ncc(C(F)F)[nH]1. The third kappa shape index (κ3) is 2.01. The average molecular weight is 176 g/mol. The van der Waals surface area contributed by atoms with Crippen molar-refractivity contribution in [3.63, 3.8) is 0 Å². The van der Waals surface area contributed by atoms with Crippen LogP contribution in [0.5, 0.6) is 0 Å². The molecule has 0 unspecified atom stereocenters. The topological polar surface area (TPSA) is 66.0 Å². The first-order valence-electron chi connectivity index (χ1n) is 3.13. The lowest BCUT2D eigenvalue weighted by atomic mass is 10.4. The molecule has 0 fully saturated rings. The Morgan fingerprint density at radius 3 is 2.83 bits per heavy atom. The third-order valence-electron chi connectivity index (χ3n) is 1.20. The van der Waals surface area contributed by atoms with Gasteiger partial charge in [-0.15, -0.1) is 0 Å². The highest BCUT2D eigenvalue weighted by atomic mass is 19.3. The van der Waals surface area contributed by atoms with Crippen LogP contribution in [-0.4, -0.2) is 21.0 Å². The molecule has 0 aromatic carbocycles. The van der Waals surface area contributed by atoms with E-state index in [-0.39, 0.29) is 17.9 Å². The molecular formula is C6H6F2N2O2. The van der Waals surface area contributed by atoms with Gasteiger partial charge in [0.2, 0.25) is 0 Å². The maximum absolute atomic E-state index is 11.9. The number of hydrogen-bond acceptors (Lipinski definition) is 2. The zero-order valence-corrected chi connectivity index (χ0v) is 5.92. The number of aromatic amines is 1. The smallest absolute Gasteiger partial charge is 0.311 e. The van der Waals surface area contributed by atoms with Gasteiger partial charge in [-0.2, -0.15) is 0 Å². The first-order chi connectivity index (χ1) is 5.59. The number of carbonyl (C=O) groups is 1. The predicted octanol–water partition coefficient (Wildman–Crippen LogP) is 0.974. The first-order valence-corrected chi connectivity index (χ1v) is 3.13. The fourth-order valence-corrected chi connectivity index (χ4v) is 0.723. The number of rotatable bonds is 3. The minimum Gasteiger partial charge on any atom is -0.481 e. The molecule has 0 spiro atoms. The standard InChI is InChI=1S/C6H6F2N2O2/c7-6(8)3-2-9-4(10-3)1-5(11)12/h2,6H,1H2,(H,9,10)(H,11,12). The zero-order valence-electron chi connectivity index (χ0n) is 5.92. The number of imidazole rings is 1. The van der Waals surface area contributed by atoms with Crippen molar-refractivity contribution in [2.45, 2.75) is 12.8 Å². The molecule has 1 rings (SSSR count). The summed E-state index contributed by atoms with van der Waals surface area (Å²) in [6.07, 6.45) is -2.07. The van der Waals surface area contributed by atoms with Gasteiger partial charge in [-0.25, -0.2) is 13.8 Å². The first kappa shape index (κ1) is 8.63. The molecule has 12 heavy (non-hydrogen) atoms. The van der Waals surface area contributed by atoms with Gasteiger partial charge < -0.3 is 10.1 Å². The lowest BCUT2D eigenvalue weighted by Crippen LogP contribution is -2.01. The van der Waals surface area contributed by atoms with Crippen LogP contribution >= 0.6 is 0 Å². The molecule has 1 heterocycles. The summed E-state index contributed by atoms with van der Waals surface area (Å²) in [5, 5.41) is 8.27. The Morgan fingerprint density at radius 2 is 2.42 bits per heavy atom. The molecule has 2 N–H and O–H groups in total. The number of nitrogens with zero attached hydrogens (tertiary/aromatic N) is 1. The van der Waals surface area contributed by atoms with Gasteiger partial charge >= 0.3 is 5.97 Å². The van der Waals surface area contributed by atoms with Gasteiger partial charge in [0.15, 0.2) is 0 Å². The van der Waals surface area contributed by atoms with Crippen LogP contribution in [0.3, 0.4) is 0 Å². The van der Waals surface area contributed by atoms with Crippen LogP contribution in [0.25, 0.3) is 0 Å². The number of carboxylic acid groups (broad SMARTS) is 1. The average Bonchev–Trinajstić information content (AvgIpc) is 2.34. The summed E-state index contributed by atoms with van der Waals surface area (Å²) in [6.45, 7) is 0. The summed E-state index contributed by atoms with van der Waals surface area (Å²) in [7, 11) is 0. The second-order valence-corrected chi connectivity index (χ2v) is 2.16. The number of nitrogens with one attached hydrogen (secondary N) is 1. The Hall–Kier alpha value is -1.46. The highest BCUT2D eigenvalue weighted by Gasteiger charge is 2.11. The van der Waals surface area contributed by atoms with Gasteiger partial charge in [-0.3, -0.25) is 4.79 Å². The van der Waals surface area contributed by atoms with E-state index in [0.29, 0.717) is 0 Å². The van der Waals surface area contributed by atoms with Crippen molar-refractivity contribution in [1.82, 2.24) is 9.97 Å². The third-order valence-corrected chi connectivity index (χ3v) is 1.20. The van der Waals surface area contributed by atoms with Crippen molar-refractivity contribution in [3.8, 4) is 0 Å². The monoisotopic (exact) mass is 176 g/mol. The highest BCUT2D eigenvalue weighted by Crippen LogP contribution is 2.15. The summed E-state index contributed by atoms with van der Waals surface area (Å²) in [5.74, 6) is -1.07. The molecule has 0 radical (unpaired) electrons. The molecule has 4 nitrogen and oxygen atoms in total. The molecule has 0 saturated carbocycles. The summed E-state index contributed by atoms with van der Waals surface area (Å²) >= 11 is 0. The molecule has 66 valence electrons. The van der Waals surface area contributed by atoms with Gasteiger partial charge in [-0.05, 0) is 0 Å². The van der Waals surface area contributed by atoms with Crippen molar-refractivity contribution >= 4 is 5.97 Å². The minimum atomic E-state index is -2.64. The maximum atomic E-state index is 11.9. The Morgan fingerprint density at radius 1 is 1.75 bits per heavy atom. The van der Waals surface area contributed by atoms with E-state index in [1.165, 1.54) is 0 Å². The van der Waals surface area contributed by atoms with Gasteiger partial charge in [-0.1, -0.05) is 0 Å². The molecule has 0 amide bonds. The van der Waals surface area contributed by atoms with E-state index >= 15 is 0 Å². The van der Waals surface area contributed by atoms with E-state index in [1.807, 2.05) is 0 Å². The van der Waals surface area contributed by atoms with Crippen molar-refractivity contribution in [3.05, 3.63) is 17.7 Å². The molecule has 0 aliphatic carbocycles. The fourth-order valence-electron chi connectivity index (χ4n) is 0.723. The Labute approximate surface area is 66.2 Å². The molecule has 0 atom stereocenters. The molecule has 1 aromatic rings. The normalized spacial score (nSPS) is 10.6. The van der Waals surface area contributed by atoms with E-state index in [1.54, 1.807) is 0 Å². The molecule has 1 aromatic heterocycles. The van der Waals surface area contributed by atoms with E-state index in [9.17, 15) is 13.6 Å². The van der Waals surface area contributed by atoms with Crippen molar-refractivity contribution in [2.24, 2.45) is 0 Å². The number of hydrogen-bond donors (Lipinski definition) is 2. The van der Waals surface area contributed by atoms with Gasteiger partial charge in [0, 0.05) is 0 Å². The van der Waals surface area contributed by atoms with Crippen LogP contribution in [0.2, 0.25) is 0 Å². The molecule has 0 aliphatic heterocycles. The second kappa shape index (κ2) is 3.29. The minimum absolute atomic E-state index is 0.0396. The van der Waals surface area contributed by atoms with E-state index in [0.717, 1.165) is 6.20 Å². The number of alkyl halides is 2. The lowest BCUT2D eigenvalue weighted by molar-refractivity contribution is -0.136. The Balaban J connectivity index is 2.70. The quantitative estimate of drug-likeness (QED) is 0.721. The molecule has 0 bridgehead atoms.